The molecule has 0 aliphatic rings. The molecule has 2 rings (SSSR count). The molecule has 0 saturated carbocycles. The number of ether oxygens (including phenoxy) is 1. The number of carbonyl (C=O) groups excluding carboxylic acids is 2. The second-order valence-corrected chi connectivity index (χ2v) is 6.17. The van der Waals surface area contributed by atoms with Gasteiger partial charge in [0.1, 0.15) is 5.82 Å². The molecule has 0 aliphatic heterocycles. The minimum Gasteiger partial charge on any atom is -0.455 e. The van der Waals surface area contributed by atoms with Gasteiger partial charge in [0.15, 0.2) is 6.61 Å². The minimum atomic E-state index is -0.587. The fourth-order valence-corrected chi connectivity index (χ4v) is 2.71. The van der Waals surface area contributed by atoms with Crippen LogP contribution >= 0.6 is 23.4 Å². The molecule has 1 N–H and O–H groups in total. The molecule has 0 aromatic heterocycles. The van der Waals surface area contributed by atoms with Crippen LogP contribution in [0.3, 0.4) is 0 Å². The van der Waals surface area contributed by atoms with Crippen molar-refractivity contribution in [2.24, 2.45) is 0 Å². The van der Waals surface area contributed by atoms with E-state index in [1.165, 1.54) is 6.07 Å². The number of carbonyl (C=O) groups is 2. The number of benzene rings is 2. The first-order chi connectivity index (χ1) is 11.6. The maximum absolute atomic E-state index is 13.4. The summed E-state index contributed by atoms with van der Waals surface area (Å²) in [6.07, 6.45) is 0. The van der Waals surface area contributed by atoms with Gasteiger partial charge in [-0.25, -0.2) is 4.39 Å². The SMILES string of the molecule is O=C(COC(=O)CSc1ccccc1F)NCc1ccccc1Cl. The van der Waals surface area contributed by atoms with Crippen LogP contribution in [0.5, 0.6) is 0 Å². The Hall–Kier alpha value is -2.05. The number of halogens is 2. The van der Waals surface area contributed by atoms with E-state index in [-0.39, 0.29) is 18.9 Å². The lowest BCUT2D eigenvalue weighted by atomic mass is 10.2. The van der Waals surface area contributed by atoms with Gasteiger partial charge in [-0.3, -0.25) is 9.59 Å². The number of amides is 1. The highest BCUT2D eigenvalue weighted by atomic mass is 35.5. The average molecular weight is 368 g/mol. The van der Waals surface area contributed by atoms with E-state index < -0.39 is 17.7 Å². The standard InChI is InChI=1S/C17H15ClFNO3S/c18-13-6-2-1-5-12(13)9-20-16(21)10-23-17(22)11-24-15-8-4-3-7-14(15)19/h1-8H,9-11H2,(H,20,21). The molecular formula is C17H15ClFNO3S. The molecule has 1 amide bonds. The minimum absolute atomic E-state index is 0.0707. The summed E-state index contributed by atoms with van der Waals surface area (Å²) in [7, 11) is 0. The summed E-state index contributed by atoms with van der Waals surface area (Å²) in [5.74, 6) is -1.48. The summed E-state index contributed by atoms with van der Waals surface area (Å²) in [5, 5.41) is 3.16. The summed E-state index contributed by atoms with van der Waals surface area (Å²) in [6.45, 7) is -0.138. The summed E-state index contributed by atoms with van der Waals surface area (Å²) in [4.78, 5) is 23.6. The first-order valence-corrected chi connectivity index (χ1v) is 8.45. The summed E-state index contributed by atoms with van der Waals surface area (Å²) in [5.41, 5.74) is 0.772. The summed E-state index contributed by atoms with van der Waals surface area (Å²) >= 11 is 7.00. The van der Waals surface area contributed by atoms with E-state index >= 15 is 0 Å². The molecule has 0 fully saturated rings. The third-order valence-electron chi connectivity index (χ3n) is 2.98. The first kappa shape index (κ1) is 18.3. The average Bonchev–Trinajstić information content (AvgIpc) is 2.58. The van der Waals surface area contributed by atoms with Crippen LogP contribution in [0.15, 0.2) is 53.4 Å². The zero-order chi connectivity index (χ0) is 17.4. The van der Waals surface area contributed by atoms with Crippen molar-refractivity contribution in [2.45, 2.75) is 11.4 Å². The monoisotopic (exact) mass is 367 g/mol. The number of hydrogen-bond acceptors (Lipinski definition) is 4. The van der Waals surface area contributed by atoms with Gasteiger partial charge in [-0.2, -0.15) is 0 Å². The van der Waals surface area contributed by atoms with Crippen molar-refractivity contribution in [3.63, 3.8) is 0 Å². The van der Waals surface area contributed by atoms with Crippen LogP contribution in [0.2, 0.25) is 5.02 Å². The van der Waals surface area contributed by atoms with Crippen molar-refractivity contribution in [2.75, 3.05) is 12.4 Å². The molecule has 0 bridgehead atoms. The van der Waals surface area contributed by atoms with Crippen LogP contribution < -0.4 is 5.32 Å². The quantitative estimate of drug-likeness (QED) is 0.601. The highest BCUT2D eigenvalue weighted by Gasteiger charge is 2.10. The topological polar surface area (TPSA) is 55.4 Å². The van der Waals surface area contributed by atoms with Gasteiger partial charge in [-0.15, -0.1) is 11.8 Å². The second-order valence-electron chi connectivity index (χ2n) is 4.75. The van der Waals surface area contributed by atoms with Gasteiger partial charge in [0, 0.05) is 16.5 Å². The lowest BCUT2D eigenvalue weighted by Gasteiger charge is -2.08. The molecular weight excluding hydrogens is 353 g/mol. The molecule has 0 aliphatic carbocycles. The zero-order valence-electron chi connectivity index (χ0n) is 12.6. The lowest BCUT2D eigenvalue weighted by molar-refractivity contribution is -0.145. The zero-order valence-corrected chi connectivity index (χ0v) is 14.2. The maximum atomic E-state index is 13.4. The van der Waals surface area contributed by atoms with E-state index in [9.17, 15) is 14.0 Å². The van der Waals surface area contributed by atoms with E-state index in [2.05, 4.69) is 5.32 Å². The molecule has 0 heterocycles. The molecule has 4 nitrogen and oxygen atoms in total. The van der Waals surface area contributed by atoms with Gasteiger partial charge in [-0.05, 0) is 23.8 Å². The number of thioether (sulfide) groups is 1. The fourth-order valence-electron chi connectivity index (χ4n) is 1.77. The molecule has 24 heavy (non-hydrogen) atoms. The molecule has 0 spiro atoms. The highest BCUT2D eigenvalue weighted by molar-refractivity contribution is 8.00. The highest BCUT2D eigenvalue weighted by Crippen LogP contribution is 2.21. The summed E-state index contributed by atoms with van der Waals surface area (Å²) in [6, 6.07) is 13.3. The van der Waals surface area contributed by atoms with Gasteiger partial charge >= 0.3 is 5.97 Å². The maximum Gasteiger partial charge on any atom is 0.316 e. The Morgan fingerprint density at radius 3 is 2.58 bits per heavy atom. The van der Waals surface area contributed by atoms with Crippen molar-refractivity contribution in [1.29, 1.82) is 0 Å². The van der Waals surface area contributed by atoms with E-state index in [4.69, 9.17) is 16.3 Å². The summed E-state index contributed by atoms with van der Waals surface area (Å²) < 4.78 is 18.3. The third kappa shape index (κ3) is 5.86. The van der Waals surface area contributed by atoms with Crippen LogP contribution in [-0.2, 0) is 20.9 Å². The van der Waals surface area contributed by atoms with Gasteiger partial charge in [-0.1, -0.05) is 41.9 Å². The Labute approximate surface area is 148 Å². The van der Waals surface area contributed by atoms with Crippen LogP contribution in [0.4, 0.5) is 4.39 Å². The molecule has 0 radical (unpaired) electrons. The predicted molar refractivity (Wildman–Crippen MR) is 91.4 cm³/mol. The van der Waals surface area contributed by atoms with E-state index in [0.717, 1.165) is 17.3 Å². The molecule has 126 valence electrons. The lowest BCUT2D eigenvalue weighted by Crippen LogP contribution is -2.28. The Morgan fingerprint density at radius 1 is 1.12 bits per heavy atom. The fraction of sp³-hybridized carbons (Fsp3) is 0.176. The Balaban J connectivity index is 1.69. The molecule has 0 unspecified atom stereocenters. The number of esters is 1. The first-order valence-electron chi connectivity index (χ1n) is 7.09. The van der Waals surface area contributed by atoms with Crippen LogP contribution in [0.1, 0.15) is 5.56 Å². The van der Waals surface area contributed by atoms with Gasteiger partial charge in [0.25, 0.3) is 5.91 Å². The largest absolute Gasteiger partial charge is 0.455 e. The second kappa shape index (κ2) is 9.30. The van der Waals surface area contributed by atoms with Gasteiger partial charge in [0.05, 0.1) is 5.75 Å². The Morgan fingerprint density at radius 2 is 1.83 bits per heavy atom. The number of hydrogen-bond donors (Lipinski definition) is 1. The molecule has 7 heteroatoms. The third-order valence-corrected chi connectivity index (χ3v) is 4.37. The van der Waals surface area contributed by atoms with Crippen molar-refractivity contribution in [3.05, 3.63) is 64.9 Å². The van der Waals surface area contributed by atoms with Crippen LogP contribution in [0, 0.1) is 5.82 Å². The van der Waals surface area contributed by atoms with E-state index in [0.29, 0.717) is 9.92 Å². The molecule has 0 atom stereocenters. The normalized spacial score (nSPS) is 10.2. The van der Waals surface area contributed by atoms with E-state index in [1.807, 2.05) is 6.07 Å². The molecule has 0 saturated heterocycles. The van der Waals surface area contributed by atoms with Crippen LogP contribution in [-0.4, -0.2) is 24.2 Å². The van der Waals surface area contributed by atoms with Crippen molar-refractivity contribution < 1.29 is 18.7 Å². The molecule has 2 aromatic rings. The predicted octanol–water partition coefficient (Wildman–Crippen LogP) is 3.43. The van der Waals surface area contributed by atoms with E-state index in [1.54, 1.807) is 36.4 Å². The van der Waals surface area contributed by atoms with Crippen molar-refractivity contribution in [1.82, 2.24) is 5.32 Å². The van der Waals surface area contributed by atoms with Crippen molar-refractivity contribution in [3.8, 4) is 0 Å². The number of nitrogens with one attached hydrogen (secondary N) is 1. The molecule has 2 aromatic carbocycles. The number of rotatable bonds is 7. The van der Waals surface area contributed by atoms with Crippen LogP contribution in [0.25, 0.3) is 0 Å². The van der Waals surface area contributed by atoms with Gasteiger partial charge < -0.3 is 10.1 Å². The smallest absolute Gasteiger partial charge is 0.316 e. The van der Waals surface area contributed by atoms with Gasteiger partial charge in [0.2, 0.25) is 0 Å². The Kier molecular flexibility index (Phi) is 7.08. The Bertz CT molecular complexity index is 665. The van der Waals surface area contributed by atoms with Crippen molar-refractivity contribution >= 4 is 35.2 Å².